The second-order valence-electron chi connectivity index (χ2n) is 9.89. The Kier molecular flexibility index (Phi) is 6.80. The Bertz CT molecular complexity index is 1120. The SMILES string of the molecule is CCn1cc(-c2cn(COCC[Si](C)(C)C)nc2C)c2cc(C#CC(C)(C)O)ccc21. The highest BCUT2D eigenvalue weighted by atomic mass is 28.3. The average molecular weight is 438 g/mol. The van der Waals surface area contributed by atoms with Gasteiger partial charge in [-0.2, -0.15) is 5.10 Å². The second-order valence-corrected chi connectivity index (χ2v) is 15.5. The number of nitrogens with zero attached hydrogens (tertiary/aromatic N) is 3. The Hall–Kier alpha value is -2.33. The Balaban J connectivity index is 1.92. The van der Waals surface area contributed by atoms with Gasteiger partial charge in [0, 0.05) is 61.2 Å². The van der Waals surface area contributed by atoms with E-state index in [0.29, 0.717) is 6.73 Å². The van der Waals surface area contributed by atoms with Gasteiger partial charge in [-0.3, -0.25) is 0 Å². The summed E-state index contributed by atoms with van der Waals surface area (Å²) in [4.78, 5) is 0. The van der Waals surface area contributed by atoms with Crippen molar-refractivity contribution in [2.24, 2.45) is 0 Å². The molecule has 166 valence electrons. The molecule has 3 aromatic rings. The molecule has 0 aliphatic heterocycles. The third-order valence-electron chi connectivity index (χ3n) is 5.19. The lowest BCUT2D eigenvalue weighted by Crippen LogP contribution is -2.22. The first-order valence-corrected chi connectivity index (χ1v) is 14.7. The Morgan fingerprint density at radius 2 is 1.90 bits per heavy atom. The van der Waals surface area contributed by atoms with E-state index in [1.54, 1.807) is 13.8 Å². The quantitative estimate of drug-likeness (QED) is 0.311. The third kappa shape index (κ3) is 6.10. The Morgan fingerprint density at radius 1 is 1.16 bits per heavy atom. The highest BCUT2D eigenvalue weighted by molar-refractivity contribution is 6.76. The second kappa shape index (κ2) is 9.03. The first-order chi connectivity index (χ1) is 14.5. The van der Waals surface area contributed by atoms with Gasteiger partial charge in [-0.25, -0.2) is 4.68 Å². The summed E-state index contributed by atoms with van der Waals surface area (Å²) in [6, 6.07) is 7.38. The van der Waals surface area contributed by atoms with Gasteiger partial charge >= 0.3 is 0 Å². The lowest BCUT2D eigenvalue weighted by atomic mass is 10.0. The van der Waals surface area contributed by atoms with Crippen LogP contribution in [0.15, 0.2) is 30.6 Å². The van der Waals surface area contributed by atoms with E-state index in [2.05, 4.69) is 72.6 Å². The van der Waals surface area contributed by atoms with Crippen LogP contribution in [0.2, 0.25) is 25.7 Å². The summed E-state index contributed by atoms with van der Waals surface area (Å²) >= 11 is 0. The summed E-state index contributed by atoms with van der Waals surface area (Å²) in [6.45, 7) is 16.8. The van der Waals surface area contributed by atoms with Gasteiger partial charge in [-0.1, -0.05) is 31.5 Å². The number of rotatable bonds is 7. The number of hydrogen-bond acceptors (Lipinski definition) is 3. The lowest BCUT2D eigenvalue weighted by Gasteiger charge is -2.15. The summed E-state index contributed by atoms with van der Waals surface area (Å²) in [7, 11) is -1.09. The number of hydrogen-bond donors (Lipinski definition) is 1. The van der Waals surface area contributed by atoms with Crippen molar-refractivity contribution in [3.63, 3.8) is 0 Å². The van der Waals surface area contributed by atoms with Gasteiger partial charge in [-0.05, 0) is 51.9 Å². The summed E-state index contributed by atoms with van der Waals surface area (Å²) in [5.74, 6) is 6.01. The number of aliphatic hydroxyl groups is 1. The smallest absolute Gasteiger partial charge is 0.139 e. The highest BCUT2D eigenvalue weighted by Gasteiger charge is 2.16. The zero-order valence-corrected chi connectivity index (χ0v) is 20.9. The molecule has 31 heavy (non-hydrogen) atoms. The van der Waals surface area contributed by atoms with Gasteiger partial charge in [0.05, 0.1) is 5.69 Å². The molecule has 0 aliphatic carbocycles. The molecule has 0 fully saturated rings. The van der Waals surface area contributed by atoms with Crippen molar-refractivity contribution in [1.82, 2.24) is 14.3 Å². The number of aromatic nitrogens is 3. The van der Waals surface area contributed by atoms with E-state index < -0.39 is 13.7 Å². The predicted molar refractivity (Wildman–Crippen MR) is 131 cm³/mol. The van der Waals surface area contributed by atoms with E-state index >= 15 is 0 Å². The van der Waals surface area contributed by atoms with Crippen molar-refractivity contribution < 1.29 is 9.84 Å². The fraction of sp³-hybridized carbons (Fsp3) is 0.480. The van der Waals surface area contributed by atoms with Crippen LogP contribution >= 0.6 is 0 Å². The number of aryl methyl sites for hydroxylation is 2. The molecule has 1 aromatic carbocycles. The van der Waals surface area contributed by atoms with Crippen LogP contribution in [0, 0.1) is 18.8 Å². The zero-order chi connectivity index (χ0) is 22.8. The monoisotopic (exact) mass is 437 g/mol. The fourth-order valence-electron chi connectivity index (χ4n) is 3.46. The molecule has 0 spiro atoms. The molecule has 3 rings (SSSR count). The first-order valence-electron chi connectivity index (χ1n) is 11.0. The molecule has 2 heterocycles. The van der Waals surface area contributed by atoms with E-state index in [9.17, 15) is 5.11 Å². The van der Waals surface area contributed by atoms with Crippen molar-refractivity contribution in [1.29, 1.82) is 0 Å². The summed E-state index contributed by atoms with van der Waals surface area (Å²) < 4.78 is 10.0. The molecular weight excluding hydrogens is 402 g/mol. The van der Waals surface area contributed by atoms with Crippen LogP contribution in [-0.4, -0.2) is 39.7 Å². The maximum absolute atomic E-state index is 9.94. The van der Waals surface area contributed by atoms with E-state index in [1.807, 2.05) is 17.7 Å². The average Bonchev–Trinajstić information content (AvgIpc) is 3.21. The summed E-state index contributed by atoms with van der Waals surface area (Å²) in [5, 5.41) is 15.8. The summed E-state index contributed by atoms with van der Waals surface area (Å²) in [5.41, 5.74) is 4.29. The fourth-order valence-corrected chi connectivity index (χ4v) is 4.22. The van der Waals surface area contributed by atoms with Gasteiger partial charge in [0.25, 0.3) is 0 Å². The normalized spacial score (nSPS) is 12.3. The molecule has 0 bridgehead atoms. The van der Waals surface area contributed by atoms with E-state index in [-0.39, 0.29) is 0 Å². The minimum atomic E-state index is -1.09. The molecule has 2 aromatic heterocycles. The van der Waals surface area contributed by atoms with Crippen LogP contribution in [0.1, 0.15) is 32.0 Å². The van der Waals surface area contributed by atoms with Crippen LogP contribution in [-0.2, 0) is 18.0 Å². The Morgan fingerprint density at radius 3 is 2.55 bits per heavy atom. The highest BCUT2D eigenvalue weighted by Crippen LogP contribution is 2.33. The van der Waals surface area contributed by atoms with Crippen molar-refractivity contribution in [2.75, 3.05) is 6.61 Å². The number of benzene rings is 1. The molecule has 6 heteroatoms. The summed E-state index contributed by atoms with van der Waals surface area (Å²) in [6.07, 6.45) is 4.27. The molecule has 0 saturated heterocycles. The van der Waals surface area contributed by atoms with Gasteiger partial charge < -0.3 is 14.4 Å². The molecule has 0 aliphatic rings. The van der Waals surface area contributed by atoms with Crippen LogP contribution in [0.5, 0.6) is 0 Å². The standard InChI is InChI=1S/C25H35N3O2Si/c1-8-27-16-23(21-15-20(9-10-24(21)27)11-12-25(3,4)29)22-17-28(26-19(22)2)18-30-13-14-31(5,6)7/h9-10,15-17,29H,8,13-14,18H2,1-7H3. The topological polar surface area (TPSA) is 52.2 Å². The maximum Gasteiger partial charge on any atom is 0.139 e. The van der Waals surface area contributed by atoms with Gasteiger partial charge in [0.15, 0.2) is 0 Å². The molecular formula is C25H35N3O2Si. The molecule has 0 saturated carbocycles. The van der Waals surface area contributed by atoms with Crippen LogP contribution in [0.4, 0.5) is 0 Å². The molecule has 0 unspecified atom stereocenters. The van der Waals surface area contributed by atoms with Crippen LogP contribution in [0.25, 0.3) is 22.0 Å². The largest absolute Gasteiger partial charge is 0.378 e. The third-order valence-corrected chi connectivity index (χ3v) is 6.90. The number of ether oxygens (including phenoxy) is 1. The van der Waals surface area contributed by atoms with Crippen LogP contribution < -0.4 is 0 Å². The van der Waals surface area contributed by atoms with E-state index in [0.717, 1.165) is 47.0 Å². The minimum absolute atomic E-state index is 0.472. The van der Waals surface area contributed by atoms with Gasteiger partial charge in [0.2, 0.25) is 0 Å². The van der Waals surface area contributed by atoms with Gasteiger partial charge in [-0.15, -0.1) is 0 Å². The minimum Gasteiger partial charge on any atom is -0.378 e. The Labute approximate surface area is 187 Å². The molecule has 0 radical (unpaired) electrons. The molecule has 0 atom stereocenters. The maximum atomic E-state index is 9.94. The van der Waals surface area contributed by atoms with Crippen molar-refractivity contribution in [3.8, 4) is 23.0 Å². The molecule has 5 nitrogen and oxygen atoms in total. The predicted octanol–water partition coefficient (Wildman–Crippen LogP) is 5.27. The van der Waals surface area contributed by atoms with Crippen LogP contribution in [0.3, 0.4) is 0 Å². The zero-order valence-electron chi connectivity index (χ0n) is 19.9. The van der Waals surface area contributed by atoms with Crippen molar-refractivity contribution in [2.45, 2.75) is 72.3 Å². The lowest BCUT2D eigenvalue weighted by molar-refractivity contribution is 0.0784. The molecule has 1 N–H and O–H groups in total. The van der Waals surface area contributed by atoms with Crippen molar-refractivity contribution >= 4 is 19.0 Å². The van der Waals surface area contributed by atoms with Crippen molar-refractivity contribution in [3.05, 3.63) is 41.9 Å². The molecule has 0 amide bonds. The first kappa shape index (κ1) is 23.3. The number of fused-ring (bicyclic) bond motifs is 1. The van der Waals surface area contributed by atoms with E-state index in [4.69, 9.17) is 4.74 Å². The van der Waals surface area contributed by atoms with E-state index in [1.165, 1.54) is 5.52 Å². The van der Waals surface area contributed by atoms with Gasteiger partial charge in [0.1, 0.15) is 12.3 Å².